The highest BCUT2D eigenvalue weighted by atomic mass is 14.7. The summed E-state index contributed by atoms with van der Waals surface area (Å²) in [7, 11) is 0. The van der Waals surface area contributed by atoms with E-state index in [4.69, 9.17) is 0 Å². The Balaban J connectivity index is 3.18. The number of benzene rings is 1. The second kappa shape index (κ2) is 4.27. The summed E-state index contributed by atoms with van der Waals surface area (Å²) in [5.41, 5.74) is 2.77. The van der Waals surface area contributed by atoms with E-state index in [9.17, 15) is 0 Å². The van der Waals surface area contributed by atoms with E-state index in [0.717, 1.165) is 16.8 Å². The van der Waals surface area contributed by atoms with E-state index in [1.807, 2.05) is 24.3 Å². The average molecular weight is 170 g/mol. The zero-order valence-electron chi connectivity index (χ0n) is 7.75. The van der Waals surface area contributed by atoms with Crippen molar-refractivity contribution in [3.63, 3.8) is 0 Å². The van der Waals surface area contributed by atoms with E-state index in [0.29, 0.717) is 0 Å². The van der Waals surface area contributed by atoms with E-state index < -0.39 is 0 Å². The second-order valence-corrected chi connectivity index (χ2v) is 2.57. The lowest BCUT2D eigenvalue weighted by Gasteiger charge is -1.95. The predicted octanol–water partition coefficient (Wildman–Crippen LogP) is 3.65. The monoisotopic (exact) mass is 170 g/mol. The van der Waals surface area contributed by atoms with Crippen LogP contribution >= 0.6 is 0 Å². The fourth-order valence-corrected chi connectivity index (χ4v) is 1.13. The molecule has 0 saturated carbocycles. The molecule has 64 valence electrons. The summed E-state index contributed by atoms with van der Waals surface area (Å²) in [5.74, 6) is 0. The van der Waals surface area contributed by atoms with E-state index in [-0.39, 0.29) is 0 Å². The van der Waals surface area contributed by atoms with Gasteiger partial charge in [-0.05, 0) is 23.1 Å². The Morgan fingerprint density at radius 1 is 1.46 bits per heavy atom. The largest absolute Gasteiger partial charge is 0.340 e. The molecule has 0 radical (unpaired) electrons. The molecule has 0 fully saturated rings. The zero-order chi connectivity index (χ0) is 9.68. The minimum Gasteiger partial charge on any atom is -0.0984 e. The summed E-state index contributed by atoms with van der Waals surface area (Å²) in [6.07, 6.45) is 1.80. The normalized spacial score (nSPS) is 8.38. The van der Waals surface area contributed by atoms with Gasteiger partial charge in [-0.1, -0.05) is 30.9 Å². The smallest absolute Gasteiger partial charge is 0.0984 e. The van der Waals surface area contributed by atoms with Crippen LogP contribution in [0.3, 0.4) is 0 Å². The molecule has 0 aliphatic heterocycles. The molecular weight excluding hydrogens is 158 g/mol. The van der Waals surface area contributed by atoms with Crippen LogP contribution in [0, 0.1) is 6.07 Å². The van der Waals surface area contributed by atoms with Crippen molar-refractivity contribution >= 4 is 11.8 Å². The third-order valence-corrected chi connectivity index (χ3v) is 1.74. The molecule has 0 bridgehead atoms. The zero-order valence-corrected chi connectivity index (χ0v) is 7.75. The van der Waals surface area contributed by atoms with Gasteiger partial charge in [-0.25, -0.2) is 0 Å². The molecule has 0 heterocycles. The molecule has 0 spiro atoms. The first-order chi connectivity index (χ1) is 6.29. The highest BCUT2D eigenvalue weighted by molar-refractivity contribution is 5.76. The topological polar surface area (TPSA) is 4.36 Å². The fraction of sp³-hybridized carbons (Fsp3) is 0.0833. The van der Waals surface area contributed by atoms with Gasteiger partial charge in [-0.3, -0.25) is 0 Å². The van der Waals surface area contributed by atoms with Gasteiger partial charge in [0.1, 0.15) is 0 Å². The molecule has 1 heteroatoms. The molecule has 1 aromatic carbocycles. The number of hydrogen-bond donors (Lipinski definition) is 0. The molecule has 0 aliphatic rings. The molecule has 0 aliphatic carbocycles. The minimum atomic E-state index is 0.720. The summed E-state index contributed by atoms with van der Waals surface area (Å²) in [6, 6.07) is 10.6. The summed E-state index contributed by atoms with van der Waals surface area (Å²) >= 11 is 0. The predicted molar refractivity (Wildman–Crippen MR) is 58.5 cm³/mol. The molecule has 0 atom stereocenters. The molecule has 0 unspecified atom stereocenters. The van der Waals surface area contributed by atoms with E-state index in [1.54, 1.807) is 13.0 Å². The van der Waals surface area contributed by atoms with Crippen molar-refractivity contribution < 1.29 is 0 Å². The average Bonchev–Trinajstić information content (AvgIpc) is 2.18. The minimum absolute atomic E-state index is 0.720. The van der Waals surface area contributed by atoms with Crippen molar-refractivity contribution in [1.29, 1.82) is 0 Å². The maximum atomic E-state index is 4.01. The van der Waals surface area contributed by atoms with Gasteiger partial charge in [0.05, 0.1) is 12.5 Å². The van der Waals surface area contributed by atoms with Crippen molar-refractivity contribution in [3.05, 3.63) is 53.4 Å². The first-order valence-electron chi connectivity index (χ1n) is 4.08. The van der Waals surface area contributed by atoms with Crippen molar-refractivity contribution in [2.24, 2.45) is 0 Å². The van der Waals surface area contributed by atoms with Crippen LogP contribution in [0.25, 0.3) is 16.6 Å². The van der Waals surface area contributed by atoms with Gasteiger partial charge in [0.2, 0.25) is 0 Å². The van der Waals surface area contributed by atoms with Gasteiger partial charge in [-0.15, -0.1) is 0 Å². The van der Waals surface area contributed by atoms with Crippen LogP contribution in [0.1, 0.15) is 18.1 Å². The Bertz CT molecular complexity index is 391. The van der Waals surface area contributed by atoms with E-state index in [2.05, 4.69) is 24.1 Å². The molecule has 13 heavy (non-hydrogen) atoms. The molecule has 1 rings (SSSR count). The first-order valence-corrected chi connectivity index (χ1v) is 4.08. The summed E-state index contributed by atoms with van der Waals surface area (Å²) < 4.78 is 0. The summed E-state index contributed by atoms with van der Waals surface area (Å²) in [4.78, 5) is 4.01. The van der Waals surface area contributed by atoms with Crippen molar-refractivity contribution in [1.82, 2.24) is 0 Å². The lowest BCUT2D eigenvalue weighted by atomic mass is 10.1. The fourth-order valence-electron chi connectivity index (χ4n) is 1.13. The maximum absolute atomic E-state index is 4.01. The molecule has 0 amide bonds. The number of rotatable bonds is 2. The Morgan fingerprint density at radius 3 is 2.77 bits per heavy atom. The van der Waals surface area contributed by atoms with Gasteiger partial charge >= 0.3 is 5.70 Å². The highest BCUT2D eigenvalue weighted by Crippen LogP contribution is 2.19. The van der Waals surface area contributed by atoms with Crippen molar-refractivity contribution in [2.45, 2.75) is 6.92 Å². The van der Waals surface area contributed by atoms with Gasteiger partial charge in [0.25, 0.3) is 6.07 Å². The maximum Gasteiger partial charge on any atom is 0.340 e. The first kappa shape index (κ1) is 9.28. The van der Waals surface area contributed by atoms with Gasteiger partial charge in [-0.2, -0.15) is 0 Å². The molecule has 1 nitrogen and oxygen atoms in total. The summed E-state index contributed by atoms with van der Waals surface area (Å²) in [5, 5.41) is 0. The Labute approximate surface area is 78.8 Å². The van der Waals surface area contributed by atoms with Crippen LogP contribution in [-0.4, -0.2) is 0 Å². The van der Waals surface area contributed by atoms with E-state index in [1.165, 1.54) is 0 Å². The van der Waals surface area contributed by atoms with Crippen molar-refractivity contribution in [3.8, 4) is 6.07 Å². The Hall–Kier alpha value is -1.81. The van der Waals surface area contributed by atoms with Crippen LogP contribution < -0.4 is 0 Å². The second-order valence-electron chi connectivity index (χ2n) is 2.57. The van der Waals surface area contributed by atoms with Crippen LogP contribution in [0.2, 0.25) is 0 Å². The standard InChI is InChI=1S/C12H12N/c1-4-11-8-6-7-9-12(11)10(3)13-5-2/h4,6-9H,1,3H2,2H3/q+1. The van der Waals surface area contributed by atoms with Crippen molar-refractivity contribution in [2.75, 3.05) is 0 Å². The molecule has 1 aromatic rings. The van der Waals surface area contributed by atoms with Crippen LogP contribution in [0.4, 0.5) is 0 Å². The molecule has 0 N–H and O–H groups in total. The SMILES string of the molecule is C=Cc1ccccc1C(=C)[N+]#CC. The number of nitrogens with zero attached hydrogens (tertiary/aromatic N) is 1. The lowest BCUT2D eigenvalue weighted by molar-refractivity contribution is 1.58. The highest BCUT2D eigenvalue weighted by Gasteiger charge is 2.09. The molecular formula is C12H12N+. The van der Waals surface area contributed by atoms with Crippen LogP contribution in [0.5, 0.6) is 0 Å². The third kappa shape index (κ3) is 2.07. The number of hydrogen-bond acceptors (Lipinski definition) is 0. The van der Waals surface area contributed by atoms with Gasteiger partial charge in [0, 0.05) is 0 Å². The molecule has 0 saturated heterocycles. The molecule has 0 aromatic heterocycles. The third-order valence-electron chi connectivity index (χ3n) is 1.74. The van der Waals surface area contributed by atoms with E-state index >= 15 is 0 Å². The lowest BCUT2D eigenvalue weighted by Crippen LogP contribution is -1.82. The van der Waals surface area contributed by atoms with Gasteiger partial charge < -0.3 is 0 Å². The van der Waals surface area contributed by atoms with Crippen LogP contribution in [0.15, 0.2) is 37.4 Å². The summed E-state index contributed by atoms with van der Waals surface area (Å²) in [6.45, 7) is 9.33. The Morgan fingerprint density at radius 2 is 2.15 bits per heavy atom. The van der Waals surface area contributed by atoms with Crippen LogP contribution in [-0.2, 0) is 0 Å². The van der Waals surface area contributed by atoms with Gasteiger partial charge in [0.15, 0.2) is 0 Å². The Kier molecular flexibility index (Phi) is 3.05. The quantitative estimate of drug-likeness (QED) is 0.638.